The molecule has 148 valence electrons. The molecule has 8 nitrogen and oxygen atoms in total. The molecule has 0 bridgehead atoms. The SMILES string of the molecule is NCCC1CC(NCc2ccc3c(c2)C(=O)N(C2CCC(=O)NC2=O)C3=O)C1. The van der Waals surface area contributed by atoms with Gasteiger partial charge in [-0.25, -0.2) is 0 Å². The van der Waals surface area contributed by atoms with Crippen LogP contribution in [0, 0.1) is 5.92 Å². The molecule has 1 aromatic rings. The fraction of sp³-hybridized carbons (Fsp3) is 0.500. The third kappa shape index (κ3) is 3.33. The fourth-order valence-electron chi connectivity index (χ4n) is 4.26. The molecule has 28 heavy (non-hydrogen) atoms. The van der Waals surface area contributed by atoms with Crippen LogP contribution in [0.3, 0.4) is 0 Å². The Bertz CT molecular complexity index is 847. The largest absolute Gasteiger partial charge is 0.330 e. The van der Waals surface area contributed by atoms with Crippen molar-refractivity contribution in [2.75, 3.05) is 6.54 Å². The van der Waals surface area contributed by atoms with Gasteiger partial charge in [0.2, 0.25) is 11.8 Å². The molecular weight excluding hydrogens is 360 g/mol. The van der Waals surface area contributed by atoms with Crippen LogP contribution in [0.5, 0.6) is 0 Å². The summed E-state index contributed by atoms with van der Waals surface area (Å²) in [5.41, 5.74) is 7.14. The van der Waals surface area contributed by atoms with Gasteiger partial charge < -0.3 is 11.1 Å². The van der Waals surface area contributed by atoms with E-state index in [9.17, 15) is 19.2 Å². The van der Waals surface area contributed by atoms with Crippen LogP contribution in [0.4, 0.5) is 0 Å². The van der Waals surface area contributed by atoms with Gasteiger partial charge in [-0.1, -0.05) is 6.07 Å². The summed E-state index contributed by atoms with van der Waals surface area (Å²) in [6.07, 6.45) is 3.57. The van der Waals surface area contributed by atoms with E-state index in [1.165, 1.54) is 0 Å². The molecule has 4 rings (SSSR count). The third-order valence-electron chi connectivity index (χ3n) is 5.91. The van der Waals surface area contributed by atoms with Crippen molar-refractivity contribution in [3.63, 3.8) is 0 Å². The molecule has 0 spiro atoms. The Labute approximate surface area is 162 Å². The molecular formula is C20H24N4O4. The molecule has 0 aromatic heterocycles. The molecule has 2 fully saturated rings. The average molecular weight is 384 g/mol. The molecule has 2 heterocycles. The van der Waals surface area contributed by atoms with Gasteiger partial charge in [-0.15, -0.1) is 0 Å². The maximum Gasteiger partial charge on any atom is 0.262 e. The lowest BCUT2D eigenvalue weighted by atomic mass is 9.78. The van der Waals surface area contributed by atoms with Gasteiger partial charge in [0.1, 0.15) is 6.04 Å². The van der Waals surface area contributed by atoms with E-state index < -0.39 is 23.8 Å². The van der Waals surface area contributed by atoms with Gasteiger partial charge in [0.15, 0.2) is 0 Å². The topological polar surface area (TPSA) is 122 Å². The summed E-state index contributed by atoms with van der Waals surface area (Å²) in [6, 6.07) is 4.74. The number of carbonyl (C=O) groups excluding carboxylic acids is 4. The van der Waals surface area contributed by atoms with Gasteiger partial charge in [0.25, 0.3) is 11.8 Å². The van der Waals surface area contributed by atoms with E-state index in [-0.39, 0.29) is 18.7 Å². The van der Waals surface area contributed by atoms with E-state index in [1.54, 1.807) is 12.1 Å². The van der Waals surface area contributed by atoms with Crippen molar-refractivity contribution in [3.05, 3.63) is 34.9 Å². The van der Waals surface area contributed by atoms with E-state index >= 15 is 0 Å². The number of rotatable bonds is 6. The van der Waals surface area contributed by atoms with Crippen LogP contribution < -0.4 is 16.4 Å². The van der Waals surface area contributed by atoms with Crippen LogP contribution >= 0.6 is 0 Å². The lowest BCUT2D eigenvalue weighted by Gasteiger charge is -2.36. The Morgan fingerprint density at radius 2 is 1.86 bits per heavy atom. The second-order valence-electron chi connectivity index (χ2n) is 7.82. The monoisotopic (exact) mass is 384 g/mol. The number of piperidine rings is 1. The molecule has 4 amide bonds. The zero-order valence-corrected chi connectivity index (χ0v) is 15.6. The maximum atomic E-state index is 12.8. The van der Waals surface area contributed by atoms with Gasteiger partial charge in [-0.3, -0.25) is 29.4 Å². The average Bonchev–Trinajstić information content (AvgIpc) is 2.88. The summed E-state index contributed by atoms with van der Waals surface area (Å²) in [4.78, 5) is 49.9. The number of imide groups is 2. The van der Waals surface area contributed by atoms with Gasteiger partial charge >= 0.3 is 0 Å². The highest BCUT2D eigenvalue weighted by atomic mass is 16.2. The molecule has 8 heteroatoms. The molecule has 1 saturated heterocycles. The highest BCUT2D eigenvalue weighted by Crippen LogP contribution is 2.31. The zero-order valence-electron chi connectivity index (χ0n) is 15.6. The number of benzene rings is 1. The van der Waals surface area contributed by atoms with Crippen LogP contribution in [0.2, 0.25) is 0 Å². The van der Waals surface area contributed by atoms with Crippen molar-refractivity contribution >= 4 is 23.6 Å². The van der Waals surface area contributed by atoms with Crippen molar-refractivity contribution in [1.82, 2.24) is 15.5 Å². The van der Waals surface area contributed by atoms with Gasteiger partial charge in [0.05, 0.1) is 11.1 Å². The maximum absolute atomic E-state index is 12.8. The lowest BCUT2D eigenvalue weighted by Crippen LogP contribution is -2.54. The van der Waals surface area contributed by atoms with E-state index in [4.69, 9.17) is 5.73 Å². The first-order chi connectivity index (χ1) is 13.5. The van der Waals surface area contributed by atoms with E-state index in [0.29, 0.717) is 29.6 Å². The number of fused-ring (bicyclic) bond motifs is 1. The minimum Gasteiger partial charge on any atom is -0.330 e. The number of hydrogen-bond donors (Lipinski definition) is 3. The molecule has 1 saturated carbocycles. The van der Waals surface area contributed by atoms with Gasteiger partial charge in [-0.2, -0.15) is 0 Å². The fourth-order valence-corrected chi connectivity index (χ4v) is 4.26. The van der Waals surface area contributed by atoms with Gasteiger partial charge in [0, 0.05) is 19.0 Å². The number of nitrogens with two attached hydrogens (primary N) is 1. The number of carbonyl (C=O) groups is 4. The van der Waals surface area contributed by atoms with Crippen molar-refractivity contribution in [3.8, 4) is 0 Å². The first kappa shape index (κ1) is 18.8. The zero-order chi connectivity index (χ0) is 19.8. The minimum absolute atomic E-state index is 0.117. The van der Waals surface area contributed by atoms with Crippen molar-refractivity contribution in [2.24, 2.45) is 11.7 Å². The van der Waals surface area contributed by atoms with Crippen LogP contribution in [-0.4, -0.2) is 47.2 Å². The Kier molecular flexibility index (Phi) is 4.99. The molecule has 2 aliphatic heterocycles. The summed E-state index contributed by atoms with van der Waals surface area (Å²) in [7, 11) is 0. The summed E-state index contributed by atoms with van der Waals surface area (Å²) < 4.78 is 0. The van der Waals surface area contributed by atoms with Crippen LogP contribution in [0.15, 0.2) is 18.2 Å². The molecule has 1 aromatic carbocycles. The first-order valence-corrected chi connectivity index (χ1v) is 9.76. The highest BCUT2D eigenvalue weighted by Gasteiger charge is 2.44. The molecule has 3 aliphatic rings. The number of amides is 4. The predicted octanol–water partition coefficient (Wildman–Crippen LogP) is 0.305. The number of nitrogens with zero attached hydrogens (tertiary/aromatic N) is 1. The Hall–Kier alpha value is -2.58. The normalized spacial score (nSPS) is 26.9. The van der Waals surface area contributed by atoms with Crippen LogP contribution in [0.25, 0.3) is 0 Å². The number of hydrogen-bond acceptors (Lipinski definition) is 6. The Morgan fingerprint density at radius 1 is 1.11 bits per heavy atom. The standard InChI is InChI=1S/C20H24N4O4/c21-6-5-11-7-13(8-11)22-10-12-1-2-14-15(9-12)20(28)24(19(14)27)16-3-4-17(25)23-18(16)26/h1-2,9,11,13,16,22H,3-8,10,21H2,(H,23,25,26). The van der Waals surface area contributed by atoms with Crippen molar-refractivity contribution < 1.29 is 19.2 Å². The first-order valence-electron chi connectivity index (χ1n) is 9.76. The summed E-state index contributed by atoms with van der Waals surface area (Å²) >= 11 is 0. The molecule has 4 N–H and O–H groups in total. The Morgan fingerprint density at radius 3 is 2.57 bits per heavy atom. The summed E-state index contributed by atoms with van der Waals surface area (Å²) in [5.74, 6) is -1.22. The van der Waals surface area contributed by atoms with Crippen LogP contribution in [0.1, 0.15) is 58.4 Å². The van der Waals surface area contributed by atoms with Crippen LogP contribution in [-0.2, 0) is 16.1 Å². The summed E-state index contributed by atoms with van der Waals surface area (Å²) in [5, 5.41) is 5.68. The van der Waals surface area contributed by atoms with E-state index in [2.05, 4.69) is 10.6 Å². The molecule has 1 unspecified atom stereocenters. The second kappa shape index (κ2) is 7.44. The van der Waals surface area contributed by atoms with Gasteiger partial charge in [-0.05, 0) is 55.8 Å². The molecule has 0 radical (unpaired) electrons. The van der Waals surface area contributed by atoms with E-state index in [1.807, 2.05) is 6.07 Å². The quantitative estimate of drug-likeness (QED) is 0.607. The molecule has 1 atom stereocenters. The number of nitrogens with one attached hydrogen (secondary N) is 2. The van der Waals surface area contributed by atoms with Crippen molar-refractivity contribution in [1.29, 1.82) is 0 Å². The summed E-state index contributed by atoms with van der Waals surface area (Å²) in [6.45, 7) is 1.34. The second-order valence-corrected chi connectivity index (χ2v) is 7.82. The smallest absolute Gasteiger partial charge is 0.262 e. The molecule has 1 aliphatic carbocycles. The predicted molar refractivity (Wildman–Crippen MR) is 100 cm³/mol. The Balaban J connectivity index is 1.43. The van der Waals surface area contributed by atoms with E-state index in [0.717, 1.165) is 36.3 Å². The lowest BCUT2D eigenvalue weighted by molar-refractivity contribution is -0.136. The van der Waals surface area contributed by atoms with Crippen molar-refractivity contribution in [2.45, 2.75) is 50.7 Å². The third-order valence-corrected chi connectivity index (χ3v) is 5.91. The highest BCUT2D eigenvalue weighted by molar-refractivity contribution is 6.23. The minimum atomic E-state index is -0.930.